The van der Waals surface area contributed by atoms with Crippen molar-refractivity contribution in [2.45, 2.75) is 153 Å². The molecule has 0 heterocycles. The number of unbranched alkanes of at least 4 members (excludes halogenated alkanes) is 10. The van der Waals surface area contributed by atoms with Crippen LogP contribution in [0.15, 0.2) is 0 Å². The number of carbonyl (C=O) groups excluding carboxylic acids is 1. The molecule has 0 bridgehead atoms. The van der Waals surface area contributed by atoms with Crippen LogP contribution in [-0.4, -0.2) is 96.5 Å². The predicted molar refractivity (Wildman–Crippen MR) is 140 cm³/mol. The van der Waals surface area contributed by atoms with Crippen molar-refractivity contribution in [2.24, 2.45) is 0 Å². The van der Waals surface area contributed by atoms with Crippen LogP contribution >= 0.6 is 0 Å². The molecule has 0 fully saturated rings. The lowest BCUT2D eigenvalue weighted by atomic mass is 10.0. The van der Waals surface area contributed by atoms with Crippen LogP contribution in [0.3, 0.4) is 0 Å². The van der Waals surface area contributed by atoms with Crippen molar-refractivity contribution in [2.75, 3.05) is 13.2 Å². The molecule has 0 spiro atoms. The number of rotatable bonds is 24. The molecule has 0 aliphatic carbocycles. The topological polar surface area (TPSA) is 162 Å². The standard InChI is InChI=1S/C27H55NO8/c1-3-5-6-7-8-9-10-11-12-13-14-16-21(30)17-15-18-23(32)28(19-4-2)27(36)26(35)25(34)24(33)22(31)20-29/h21-22,24-27,29-31,33-36H,3-20H2,1-2H3/t21?,22-,24-,25+,26-,27?/m1/s1. The van der Waals surface area contributed by atoms with Gasteiger partial charge in [-0.2, -0.15) is 0 Å². The molecule has 0 aliphatic heterocycles. The maximum Gasteiger partial charge on any atom is 0.224 e. The zero-order valence-electron chi connectivity index (χ0n) is 22.7. The zero-order valence-corrected chi connectivity index (χ0v) is 22.7. The van der Waals surface area contributed by atoms with E-state index in [9.17, 15) is 35.4 Å². The lowest BCUT2D eigenvalue weighted by Crippen LogP contribution is -2.56. The molecule has 0 aliphatic rings. The van der Waals surface area contributed by atoms with Gasteiger partial charge in [-0.05, 0) is 25.7 Å². The smallest absolute Gasteiger partial charge is 0.224 e. The van der Waals surface area contributed by atoms with E-state index in [4.69, 9.17) is 5.11 Å². The fraction of sp³-hybridized carbons (Fsp3) is 0.963. The Morgan fingerprint density at radius 3 is 1.64 bits per heavy atom. The Morgan fingerprint density at radius 2 is 1.14 bits per heavy atom. The summed E-state index contributed by atoms with van der Waals surface area (Å²) in [5.41, 5.74) is 0. The number of hydrogen-bond donors (Lipinski definition) is 7. The summed E-state index contributed by atoms with van der Waals surface area (Å²) in [5.74, 6) is -0.435. The van der Waals surface area contributed by atoms with Crippen molar-refractivity contribution >= 4 is 5.91 Å². The average molecular weight is 522 g/mol. The predicted octanol–water partition coefficient (Wildman–Crippen LogP) is 2.21. The second-order valence-corrected chi connectivity index (χ2v) is 10.1. The minimum atomic E-state index is -1.96. The number of carbonyl (C=O) groups is 1. The molecule has 9 heteroatoms. The van der Waals surface area contributed by atoms with E-state index in [-0.39, 0.29) is 13.0 Å². The summed E-state index contributed by atoms with van der Waals surface area (Å²) < 4.78 is 0. The average Bonchev–Trinajstić information content (AvgIpc) is 2.87. The summed E-state index contributed by atoms with van der Waals surface area (Å²) >= 11 is 0. The number of aliphatic hydroxyl groups excluding tert-OH is 7. The van der Waals surface area contributed by atoms with E-state index >= 15 is 0 Å². The van der Waals surface area contributed by atoms with Gasteiger partial charge in [-0.25, -0.2) is 0 Å². The van der Waals surface area contributed by atoms with Gasteiger partial charge in [0.05, 0.1) is 12.7 Å². The molecule has 7 N–H and O–H groups in total. The van der Waals surface area contributed by atoms with Gasteiger partial charge in [-0.1, -0.05) is 84.5 Å². The lowest BCUT2D eigenvalue weighted by Gasteiger charge is -2.35. The van der Waals surface area contributed by atoms with Gasteiger partial charge in [-0.3, -0.25) is 4.79 Å². The molecule has 6 atom stereocenters. The molecule has 36 heavy (non-hydrogen) atoms. The van der Waals surface area contributed by atoms with E-state index < -0.39 is 49.3 Å². The van der Waals surface area contributed by atoms with Gasteiger partial charge >= 0.3 is 0 Å². The molecule has 0 aromatic rings. The highest BCUT2D eigenvalue weighted by molar-refractivity contribution is 5.76. The first-order chi connectivity index (χ1) is 17.2. The van der Waals surface area contributed by atoms with Crippen LogP contribution in [0.1, 0.15) is 117 Å². The van der Waals surface area contributed by atoms with Gasteiger partial charge < -0.3 is 40.6 Å². The molecular formula is C27H55NO8. The minimum absolute atomic E-state index is 0.0665. The fourth-order valence-corrected chi connectivity index (χ4v) is 4.36. The summed E-state index contributed by atoms with van der Waals surface area (Å²) in [5, 5.41) is 69.0. The van der Waals surface area contributed by atoms with Crippen LogP contribution in [-0.2, 0) is 4.79 Å². The monoisotopic (exact) mass is 521 g/mol. The first kappa shape index (κ1) is 35.2. The van der Waals surface area contributed by atoms with Crippen LogP contribution in [0.4, 0.5) is 0 Å². The number of nitrogens with zero attached hydrogens (tertiary/aromatic N) is 1. The first-order valence-electron chi connectivity index (χ1n) is 14.2. The third kappa shape index (κ3) is 15.4. The highest BCUT2D eigenvalue weighted by atomic mass is 16.4. The van der Waals surface area contributed by atoms with E-state index in [0.717, 1.165) is 17.7 Å². The van der Waals surface area contributed by atoms with Crippen LogP contribution in [0.2, 0.25) is 0 Å². The molecule has 0 radical (unpaired) electrons. The molecule has 2 unspecified atom stereocenters. The van der Waals surface area contributed by atoms with Gasteiger partial charge in [0.1, 0.15) is 24.4 Å². The number of aliphatic hydroxyl groups is 7. The maximum atomic E-state index is 12.6. The summed E-state index contributed by atoms with van der Waals surface area (Å²) in [6.45, 7) is 3.31. The molecule has 216 valence electrons. The van der Waals surface area contributed by atoms with Crippen LogP contribution in [0.25, 0.3) is 0 Å². The summed E-state index contributed by atoms with van der Waals surface area (Å²) in [7, 11) is 0. The van der Waals surface area contributed by atoms with Gasteiger partial charge in [0.25, 0.3) is 0 Å². The van der Waals surface area contributed by atoms with Gasteiger partial charge in [-0.15, -0.1) is 0 Å². The SMILES string of the molecule is CCCCCCCCCCCCCC(O)CCCC(=O)N(CCC)C(O)[C@H](O)[C@@H](O)[C@H](O)[C@H](O)CO. The minimum Gasteiger partial charge on any atom is -0.394 e. The number of hydrogen-bond acceptors (Lipinski definition) is 8. The van der Waals surface area contributed by atoms with Crippen molar-refractivity contribution in [3.8, 4) is 0 Å². The summed E-state index contributed by atoms with van der Waals surface area (Å²) in [4.78, 5) is 13.7. The Hall–Kier alpha value is -0.810. The van der Waals surface area contributed by atoms with E-state index in [1.807, 2.05) is 0 Å². The van der Waals surface area contributed by atoms with Crippen LogP contribution < -0.4 is 0 Å². The molecular weight excluding hydrogens is 466 g/mol. The first-order valence-corrected chi connectivity index (χ1v) is 14.2. The molecule has 0 rings (SSSR count). The van der Waals surface area contributed by atoms with Gasteiger partial charge in [0, 0.05) is 13.0 Å². The van der Waals surface area contributed by atoms with Crippen molar-refractivity contribution in [1.29, 1.82) is 0 Å². The van der Waals surface area contributed by atoms with Crippen molar-refractivity contribution < 1.29 is 40.5 Å². The Morgan fingerprint density at radius 1 is 0.639 bits per heavy atom. The zero-order chi connectivity index (χ0) is 27.3. The third-order valence-corrected chi connectivity index (χ3v) is 6.76. The molecule has 9 nitrogen and oxygen atoms in total. The van der Waals surface area contributed by atoms with E-state index in [2.05, 4.69) is 6.92 Å². The van der Waals surface area contributed by atoms with E-state index in [0.29, 0.717) is 25.7 Å². The Bertz CT molecular complexity index is 524. The molecule has 0 saturated heterocycles. The lowest BCUT2D eigenvalue weighted by molar-refractivity contribution is -0.179. The third-order valence-electron chi connectivity index (χ3n) is 6.76. The quantitative estimate of drug-likeness (QED) is 0.0751. The Kier molecular flexibility index (Phi) is 21.7. The van der Waals surface area contributed by atoms with Crippen molar-refractivity contribution in [3.63, 3.8) is 0 Å². The second kappa shape index (κ2) is 22.2. The van der Waals surface area contributed by atoms with E-state index in [1.54, 1.807) is 6.92 Å². The largest absolute Gasteiger partial charge is 0.394 e. The van der Waals surface area contributed by atoms with Gasteiger partial charge in [0.15, 0.2) is 6.23 Å². The summed E-state index contributed by atoms with van der Waals surface area (Å²) in [6, 6.07) is 0. The highest BCUT2D eigenvalue weighted by Gasteiger charge is 2.37. The Balaban J connectivity index is 4.20. The maximum absolute atomic E-state index is 12.6. The Labute approximate surface area is 218 Å². The molecule has 1 amide bonds. The van der Waals surface area contributed by atoms with E-state index in [1.165, 1.54) is 57.8 Å². The highest BCUT2D eigenvalue weighted by Crippen LogP contribution is 2.17. The van der Waals surface area contributed by atoms with Crippen molar-refractivity contribution in [1.82, 2.24) is 4.90 Å². The van der Waals surface area contributed by atoms with Crippen LogP contribution in [0.5, 0.6) is 0 Å². The molecule has 0 aromatic heterocycles. The molecule has 0 saturated carbocycles. The molecule has 0 aromatic carbocycles. The summed E-state index contributed by atoms with van der Waals surface area (Å²) in [6.07, 6.45) is 6.13. The second-order valence-electron chi connectivity index (χ2n) is 10.1. The number of amides is 1. The van der Waals surface area contributed by atoms with Gasteiger partial charge in [0.2, 0.25) is 5.91 Å². The fourth-order valence-electron chi connectivity index (χ4n) is 4.36. The normalized spacial score (nSPS) is 16.8. The van der Waals surface area contributed by atoms with Crippen molar-refractivity contribution in [3.05, 3.63) is 0 Å². The van der Waals surface area contributed by atoms with Crippen LogP contribution in [0, 0.1) is 0 Å².